The summed E-state index contributed by atoms with van der Waals surface area (Å²) in [5.74, 6) is -0.222. The van der Waals surface area contributed by atoms with Gasteiger partial charge in [0.1, 0.15) is 0 Å². The Kier molecular flexibility index (Phi) is 4.60. The summed E-state index contributed by atoms with van der Waals surface area (Å²) in [6.07, 6.45) is 0. The molecule has 0 bridgehead atoms. The number of carbonyl (C=O) groups is 1. The second-order valence-electron chi connectivity index (χ2n) is 5.11. The van der Waals surface area contributed by atoms with Crippen LogP contribution in [0.4, 0.5) is 5.69 Å². The van der Waals surface area contributed by atoms with Crippen LogP contribution in [0.5, 0.6) is 0 Å². The van der Waals surface area contributed by atoms with Crippen LogP contribution < -0.4 is 10.6 Å². The van der Waals surface area contributed by atoms with Crippen molar-refractivity contribution in [2.24, 2.45) is 0 Å². The summed E-state index contributed by atoms with van der Waals surface area (Å²) in [6, 6.07) is 16.7. The number of para-hydroxylation sites is 1. The zero-order valence-corrected chi connectivity index (χ0v) is 12.3. The van der Waals surface area contributed by atoms with Crippen LogP contribution in [0.3, 0.4) is 0 Å². The molecular weight excluding hydrogens is 264 g/mol. The van der Waals surface area contributed by atoms with Gasteiger partial charge in [-0.3, -0.25) is 4.79 Å². The Bertz CT molecular complexity index is 613. The number of aliphatic hydroxyl groups is 1. The Morgan fingerprint density at radius 2 is 1.71 bits per heavy atom. The van der Waals surface area contributed by atoms with E-state index in [1.54, 1.807) is 13.1 Å². The van der Waals surface area contributed by atoms with Crippen molar-refractivity contribution in [2.75, 3.05) is 19.0 Å². The van der Waals surface area contributed by atoms with Crippen molar-refractivity contribution in [3.63, 3.8) is 0 Å². The molecule has 1 unspecified atom stereocenters. The van der Waals surface area contributed by atoms with Gasteiger partial charge in [0.25, 0.3) is 5.91 Å². The number of amides is 1. The molecule has 4 heteroatoms. The minimum Gasteiger partial charge on any atom is -0.394 e. The molecule has 0 aliphatic carbocycles. The van der Waals surface area contributed by atoms with Crippen molar-refractivity contribution in [2.45, 2.75) is 12.5 Å². The quantitative estimate of drug-likeness (QED) is 0.790. The second-order valence-corrected chi connectivity index (χ2v) is 5.11. The average Bonchev–Trinajstić information content (AvgIpc) is 2.55. The number of nitrogens with one attached hydrogen (secondary N) is 2. The zero-order valence-electron chi connectivity index (χ0n) is 12.3. The zero-order chi connectivity index (χ0) is 15.3. The van der Waals surface area contributed by atoms with E-state index in [0.717, 1.165) is 11.3 Å². The van der Waals surface area contributed by atoms with Gasteiger partial charge in [-0.15, -0.1) is 0 Å². The van der Waals surface area contributed by atoms with Crippen LogP contribution in [0.2, 0.25) is 0 Å². The predicted molar refractivity (Wildman–Crippen MR) is 84.3 cm³/mol. The van der Waals surface area contributed by atoms with E-state index in [2.05, 4.69) is 10.6 Å². The summed E-state index contributed by atoms with van der Waals surface area (Å²) in [4.78, 5) is 12.5. The minimum absolute atomic E-state index is 0.176. The highest BCUT2D eigenvalue weighted by Crippen LogP contribution is 2.22. The third kappa shape index (κ3) is 3.23. The Hall–Kier alpha value is -2.33. The number of hydrogen-bond acceptors (Lipinski definition) is 3. The van der Waals surface area contributed by atoms with Crippen LogP contribution >= 0.6 is 0 Å². The van der Waals surface area contributed by atoms with Gasteiger partial charge in [-0.1, -0.05) is 42.5 Å². The smallest absolute Gasteiger partial charge is 0.254 e. The van der Waals surface area contributed by atoms with Gasteiger partial charge < -0.3 is 15.7 Å². The molecule has 3 N–H and O–H groups in total. The lowest BCUT2D eigenvalue weighted by Gasteiger charge is -2.29. The highest BCUT2D eigenvalue weighted by molar-refractivity contribution is 6.00. The molecule has 4 nitrogen and oxygen atoms in total. The highest BCUT2D eigenvalue weighted by atomic mass is 16.3. The fourth-order valence-corrected chi connectivity index (χ4v) is 2.23. The van der Waals surface area contributed by atoms with Gasteiger partial charge in [-0.05, 0) is 24.6 Å². The maximum Gasteiger partial charge on any atom is 0.254 e. The molecule has 1 amide bonds. The second kappa shape index (κ2) is 6.41. The molecule has 0 fully saturated rings. The van der Waals surface area contributed by atoms with Gasteiger partial charge in [-0.2, -0.15) is 0 Å². The normalized spacial score (nSPS) is 13.3. The molecule has 2 rings (SSSR count). The molecule has 2 aromatic rings. The SMILES string of the molecule is CNc1ccccc1C(=O)NC(C)(CO)c1ccccc1. The Balaban J connectivity index is 2.28. The number of hydrogen-bond donors (Lipinski definition) is 3. The Morgan fingerprint density at radius 1 is 1.10 bits per heavy atom. The summed E-state index contributed by atoms with van der Waals surface area (Å²) in [7, 11) is 1.77. The molecule has 0 aliphatic rings. The van der Waals surface area contributed by atoms with E-state index in [1.165, 1.54) is 0 Å². The fraction of sp³-hybridized carbons (Fsp3) is 0.235. The van der Waals surface area contributed by atoms with E-state index in [0.29, 0.717) is 5.56 Å². The first-order valence-corrected chi connectivity index (χ1v) is 6.86. The van der Waals surface area contributed by atoms with E-state index < -0.39 is 5.54 Å². The van der Waals surface area contributed by atoms with Crippen molar-refractivity contribution >= 4 is 11.6 Å². The Morgan fingerprint density at radius 3 is 2.33 bits per heavy atom. The summed E-state index contributed by atoms with van der Waals surface area (Å²) >= 11 is 0. The van der Waals surface area contributed by atoms with Gasteiger partial charge in [0.05, 0.1) is 17.7 Å². The van der Waals surface area contributed by atoms with Gasteiger partial charge in [0.2, 0.25) is 0 Å². The first kappa shape index (κ1) is 15.1. The third-order valence-corrected chi connectivity index (χ3v) is 3.56. The van der Waals surface area contributed by atoms with Crippen molar-refractivity contribution in [1.82, 2.24) is 5.32 Å². The number of anilines is 1. The molecule has 2 aromatic carbocycles. The van der Waals surface area contributed by atoms with E-state index in [1.807, 2.05) is 55.5 Å². The van der Waals surface area contributed by atoms with Crippen LogP contribution in [0, 0.1) is 0 Å². The summed E-state index contributed by atoms with van der Waals surface area (Å²) in [6.45, 7) is 1.63. The standard InChI is InChI=1S/C17H20N2O2/c1-17(12-20,13-8-4-3-5-9-13)19-16(21)14-10-6-7-11-15(14)18-2/h3-11,18,20H,12H2,1-2H3,(H,19,21). The minimum atomic E-state index is -0.820. The topological polar surface area (TPSA) is 61.4 Å². The lowest BCUT2D eigenvalue weighted by molar-refractivity contribution is 0.0850. The first-order valence-electron chi connectivity index (χ1n) is 6.86. The largest absolute Gasteiger partial charge is 0.394 e. The number of rotatable bonds is 5. The van der Waals surface area contributed by atoms with Crippen LogP contribution in [0.1, 0.15) is 22.8 Å². The summed E-state index contributed by atoms with van der Waals surface area (Å²) in [5, 5.41) is 15.6. The van der Waals surface area contributed by atoms with E-state index >= 15 is 0 Å². The van der Waals surface area contributed by atoms with Gasteiger partial charge in [0, 0.05) is 12.7 Å². The molecule has 0 saturated heterocycles. The lowest BCUT2D eigenvalue weighted by atomic mass is 9.92. The van der Waals surface area contributed by atoms with E-state index in [4.69, 9.17) is 0 Å². The van der Waals surface area contributed by atoms with E-state index in [9.17, 15) is 9.90 Å². The van der Waals surface area contributed by atoms with Gasteiger partial charge >= 0.3 is 0 Å². The van der Waals surface area contributed by atoms with Crippen LogP contribution in [-0.2, 0) is 5.54 Å². The number of aliphatic hydroxyl groups excluding tert-OH is 1. The van der Waals surface area contributed by atoms with Crippen LogP contribution in [0.15, 0.2) is 54.6 Å². The molecule has 0 spiro atoms. The van der Waals surface area contributed by atoms with Gasteiger partial charge in [-0.25, -0.2) is 0 Å². The third-order valence-electron chi connectivity index (χ3n) is 3.56. The highest BCUT2D eigenvalue weighted by Gasteiger charge is 2.28. The summed E-state index contributed by atoms with van der Waals surface area (Å²) in [5.41, 5.74) is 1.35. The van der Waals surface area contributed by atoms with Gasteiger partial charge in [0.15, 0.2) is 0 Å². The molecule has 0 saturated carbocycles. The number of benzene rings is 2. The molecule has 0 radical (unpaired) electrons. The van der Waals surface area contributed by atoms with Crippen LogP contribution in [0.25, 0.3) is 0 Å². The van der Waals surface area contributed by atoms with Crippen molar-refractivity contribution in [3.8, 4) is 0 Å². The van der Waals surface area contributed by atoms with Crippen molar-refractivity contribution < 1.29 is 9.90 Å². The molecule has 0 aliphatic heterocycles. The summed E-state index contributed by atoms with van der Waals surface area (Å²) < 4.78 is 0. The van der Waals surface area contributed by atoms with Crippen molar-refractivity contribution in [1.29, 1.82) is 0 Å². The molecule has 0 heterocycles. The predicted octanol–water partition coefficient (Wildman–Crippen LogP) is 2.37. The molecule has 0 aromatic heterocycles. The molecule has 21 heavy (non-hydrogen) atoms. The maximum absolute atomic E-state index is 12.5. The van der Waals surface area contributed by atoms with Crippen LogP contribution in [-0.4, -0.2) is 24.7 Å². The monoisotopic (exact) mass is 284 g/mol. The molecule has 1 atom stereocenters. The maximum atomic E-state index is 12.5. The molecular formula is C17H20N2O2. The fourth-order valence-electron chi connectivity index (χ4n) is 2.23. The average molecular weight is 284 g/mol. The Labute approximate surface area is 124 Å². The van der Waals surface area contributed by atoms with Crippen molar-refractivity contribution in [3.05, 3.63) is 65.7 Å². The number of carbonyl (C=O) groups excluding carboxylic acids is 1. The molecule has 110 valence electrons. The van der Waals surface area contributed by atoms with E-state index in [-0.39, 0.29) is 12.5 Å². The first-order chi connectivity index (χ1) is 10.1. The lowest BCUT2D eigenvalue weighted by Crippen LogP contribution is -2.46.